The second-order valence-corrected chi connectivity index (χ2v) is 9.32. The Morgan fingerprint density at radius 2 is 1.89 bits per heavy atom. The number of nitrogens with one attached hydrogen (secondary N) is 1. The molecule has 4 rings (SSSR count). The molecule has 1 aromatic carbocycles. The molecule has 0 spiro atoms. The van der Waals surface area contributed by atoms with Crippen LogP contribution in [0.4, 0.5) is 18.9 Å². The van der Waals surface area contributed by atoms with Crippen LogP contribution in [0.3, 0.4) is 0 Å². The molecule has 1 saturated carbocycles. The highest BCUT2D eigenvalue weighted by molar-refractivity contribution is 6.03. The van der Waals surface area contributed by atoms with Crippen LogP contribution in [0.5, 0.6) is 0 Å². The van der Waals surface area contributed by atoms with Gasteiger partial charge in [-0.05, 0) is 73.1 Å². The third-order valence-corrected chi connectivity index (χ3v) is 6.67. The van der Waals surface area contributed by atoms with Crippen LogP contribution in [0, 0.1) is 23.4 Å². The molecule has 196 valence electrons. The van der Waals surface area contributed by atoms with E-state index < -0.39 is 46.8 Å². The molecule has 1 aliphatic rings. The first-order chi connectivity index (χ1) is 17.7. The largest absolute Gasteiger partial charge is 0.391 e. The van der Waals surface area contributed by atoms with Crippen molar-refractivity contribution in [3.8, 4) is 11.3 Å². The summed E-state index contributed by atoms with van der Waals surface area (Å²) in [5.74, 6) is -3.76. The van der Waals surface area contributed by atoms with Gasteiger partial charge in [-0.3, -0.25) is 9.78 Å². The van der Waals surface area contributed by atoms with E-state index in [4.69, 9.17) is 10.5 Å². The van der Waals surface area contributed by atoms with Gasteiger partial charge in [-0.15, -0.1) is 0 Å². The summed E-state index contributed by atoms with van der Waals surface area (Å²) in [5.41, 5.74) is 6.07. The fraction of sp³-hybridized carbons (Fsp3) is 0.370. The minimum Gasteiger partial charge on any atom is -0.391 e. The molecule has 1 fully saturated rings. The molecule has 7 nitrogen and oxygen atoms in total. The monoisotopic (exact) mass is 514 g/mol. The molecule has 3 aromatic rings. The zero-order valence-electron chi connectivity index (χ0n) is 20.5. The SMILES string of the molecule is CCOCc1cc(F)c(-c2nc(C(=O)Nc3cnccc3[C@H]3C[C@@H](N)[C@@H](O)[C@@H](C)C3)ccc2F)c(F)c1. The van der Waals surface area contributed by atoms with Crippen LogP contribution in [0.2, 0.25) is 0 Å². The number of carbonyl (C=O) groups excluding carboxylic acids is 1. The van der Waals surface area contributed by atoms with E-state index in [2.05, 4.69) is 15.3 Å². The van der Waals surface area contributed by atoms with E-state index in [0.29, 0.717) is 25.1 Å². The first-order valence-electron chi connectivity index (χ1n) is 12.1. The van der Waals surface area contributed by atoms with E-state index in [-0.39, 0.29) is 29.7 Å². The van der Waals surface area contributed by atoms with Gasteiger partial charge in [-0.2, -0.15) is 0 Å². The van der Waals surface area contributed by atoms with Gasteiger partial charge in [-0.25, -0.2) is 18.2 Å². The standard InChI is InChI=1S/C27H29F3N4O3/c1-3-37-13-15-9-19(29)24(20(30)10-15)25-18(28)4-5-22(33-25)27(36)34-23-12-32-7-6-17(23)16-8-14(2)26(35)21(31)11-16/h4-7,9-10,12,14,16,21,26,35H,3,8,11,13,31H2,1-2H3,(H,34,36)/t14-,16+,21+,26-/m0/s1. The van der Waals surface area contributed by atoms with Crippen molar-refractivity contribution >= 4 is 11.6 Å². The maximum absolute atomic E-state index is 14.8. The van der Waals surface area contributed by atoms with Crippen molar-refractivity contribution in [3.05, 3.63) is 77.0 Å². The van der Waals surface area contributed by atoms with E-state index in [1.807, 2.05) is 6.92 Å². The van der Waals surface area contributed by atoms with Crippen molar-refractivity contribution < 1.29 is 27.8 Å². The van der Waals surface area contributed by atoms with Gasteiger partial charge in [0.05, 0.1) is 30.2 Å². The quantitative estimate of drug-likeness (QED) is 0.427. The van der Waals surface area contributed by atoms with Gasteiger partial charge >= 0.3 is 0 Å². The third kappa shape index (κ3) is 5.82. The lowest BCUT2D eigenvalue weighted by Crippen LogP contribution is -2.44. The number of anilines is 1. The molecule has 37 heavy (non-hydrogen) atoms. The van der Waals surface area contributed by atoms with Gasteiger partial charge in [0.15, 0.2) is 0 Å². The van der Waals surface area contributed by atoms with Crippen molar-refractivity contribution in [1.82, 2.24) is 9.97 Å². The number of aliphatic hydroxyl groups excluding tert-OH is 1. The summed E-state index contributed by atoms with van der Waals surface area (Å²) in [6, 6.07) is 5.55. The predicted octanol–water partition coefficient (Wildman–Crippen LogP) is 4.55. The van der Waals surface area contributed by atoms with Crippen LogP contribution in [0.25, 0.3) is 11.3 Å². The number of hydrogen-bond acceptors (Lipinski definition) is 6. The van der Waals surface area contributed by atoms with E-state index >= 15 is 0 Å². The number of amides is 1. The second-order valence-electron chi connectivity index (χ2n) is 9.32. The van der Waals surface area contributed by atoms with Gasteiger partial charge in [0.2, 0.25) is 0 Å². The molecule has 0 radical (unpaired) electrons. The molecule has 0 bridgehead atoms. The lowest BCUT2D eigenvalue weighted by molar-refractivity contribution is 0.0521. The Labute approximate surface area is 212 Å². The molecule has 4 N–H and O–H groups in total. The topological polar surface area (TPSA) is 110 Å². The number of ether oxygens (including phenoxy) is 1. The van der Waals surface area contributed by atoms with E-state index in [9.17, 15) is 23.1 Å². The van der Waals surface area contributed by atoms with Gasteiger partial charge in [-0.1, -0.05) is 6.92 Å². The Balaban J connectivity index is 1.61. The first-order valence-corrected chi connectivity index (χ1v) is 12.1. The number of carbonyl (C=O) groups is 1. The maximum atomic E-state index is 14.8. The predicted molar refractivity (Wildman–Crippen MR) is 132 cm³/mol. The molecule has 0 aliphatic heterocycles. The average molecular weight is 515 g/mol. The Bertz CT molecular complexity index is 1250. The number of nitrogens with zero attached hydrogens (tertiary/aromatic N) is 2. The van der Waals surface area contributed by atoms with Crippen molar-refractivity contribution in [2.75, 3.05) is 11.9 Å². The number of aromatic nitrogens is 2. The molecule has 1 aliphatic carbocycles. The Morgan fingerprint density at radius 3 is 2.57 bits per heavy atom. The molecule has 2 aromatic heterocycles. The number of rotatable bonds is 7. The Hall–Kier alpha value is -3.34. The Kier molecular flexibility index (Phi) is 8.21. The van der Waals surface area contributed by atoms with Crippen LogP contribution >= 0.6 is 0 Å². The Morgan fingerprint density at radius 1 is 1.16 bits per heavy atom. The molecule has 0 saturated heterocycles. The summed E-state index contributed by atoms with van der Waals surface area (Å²) in [6.45, 7) is 4.04. The molecule has 2 heterocycles. The summed E-state index contributed by atoms with van der Waals surface area (Å²) in [4.78, 5) is 21.1. The number of hydrogen-bond donors (Lipinski definition) is 3. The highest BCUT2D eigenvalue weighted by Gasteiger charge is 2.34. The zero-order chi connectivity index (χ0) is 26.7. The fourth-order valence-corrected chi connectivity index (χ4v) is 4.78. The van der Waals surface area contributed by atoms with Crippen molar-refractivity contribution in [3.63, 3.8) is 0 Å². The van der Waals surface area contributed by atoms with Gasteiger partial charge in [0, 0.05) is 18.8 Å². The number of benzene rings is 1. The molecular formula is C27H29F3N4O3. The van der Waals surface area contributed by atoms with Crippen molar-refractivity contribution in [1.29, 1.82) is 0 Å². The van der Waals surface area contributed by atoms with Crippen molar-refractivity contribution in [2.24, 2.45) is 11.7 Å². The van der Waals surface area contributed by atoms with E-state index in [1.54, 1.807) is 19.2 Å². The lowest BCUT2D eigenvalue weighted by atomic mass is 9.74. The third-order valence-electron chi connectivity index (χ3n) is 6.67. The van der Waals surface area contributed by atoms with Gasteiger partial charge < -0.3 is 20.9 Å². The number of pyridine rings is 2. The first kappa shape index (κ1) is 26.7. The van der Waals surface area contributed by atoms with Crippen LogP contribution in [0.15, 0.2) is 42.7 Å². The van der Waals surface area contributed by atoms with Crippen LogP contribution in [-0.4, -0.2) is 39.7 Å². The minimum atomic E-state index is -1.02. The molecule has 0 unspecified atom stereocenters. The summed E-state index contributed by atoms with van der Waals surface area (Å²) in [7, 11) is 0. The number of nitrogens with two attached hydrogens (primary N) is 1. The average Bonchev–Trinajstić information content (AvgIpc) is 2.86. The maximum Gasteiger partial charge on any atom is 0.274 e. The van der Waals surface area contributed by atoms with E-state index in [0.717, 1.165) is 29.8 Å². The second kappa shape index (κ2) is 11.4. The summed E-state index contributed by atoms with van der Waals surface area (Å²) in [6.07, 6.45) is 3.66. The minimum absolute atomic E-state index is 0.0000560. The highest BCUT2D eigenvalue weighted by Crippen LogP contribution is 2.38. The summed E-state index contributed by atoms with van der Waals surface area (Å²) in [5, 5.41) is 12.9. The highest BCUT2D eigenvalue weighted by atomic mass is 19.1. The molecule has 1 amide bonds. The van der Waals surface area contributed by atoms with E-state index in [1.165, 1.54) is 6.20 Å². The zero-order valence-corrected chi connectivity index (χ0v) is 20.5. The van der Waals surface area contributed by atoms with Crippen molar-refractivity contribution in [2.45, 2.75) is 51.4 Å². The van der Waals surface area contributed by atoms with Gasteiger partial charge in [0.25, 0.3) is 5.91 Å². The molecule has 4 atom stereocenters. The normalized spacial score (nSPS) is 21.6. The number of aliphatic hydroxyl groups is 1. The van der Waals surface area contributed by atoms with Crippen LogP contribution in [0.1, 0.15) is 54.2 Å². The lowest BCUT2D eigenvalue weighted by Gasteiger charge is -2.36. The van der Waals surface area contributed by atoms with Crippen LogP contribution in [-0.2, 0) is 11.3 Å². The smallest absolute Gasteiger partial charge is 0.274 e. The van der Waals surface area contributed by atoms with Crippen LogP contribution < -0.4 is 11.1 Å². The van der Waals surface area contributed by atoms with Gasteiger partial charge in [0.1, 0.15) is 28.8 Å². The summed E-state index contributed by atoms with van der Waals surface area (Å²) < 4.78 is 49.4. The summed E-state index contributed by atoms with van der Waals surface area (Å²) >= 11 is 0. The molecular weight excluding hydrogens is 485 g/mol. The molecule has 10 heteroatoms. The number of halogens is 3. The fourth-order valence-electron chi connectivity index (χ4n) is 4.78.